The van der Waals surface area contributed by atoms with Crippen LogP contribution in [0.25, 0.3) is 0 Å². The Balaban J connectivity index is 1.88. The van der Waals surface area contributed by atoms with Crippen LogP contribution in [0.4, 0.5) is 0 Å². The van der Waals surface area contributed by atoms with E-state index in [1.807, 2.05) is 0 Å². The molecule has 1 fully saturated rings. The van der Waals surface area contributed by atoms with Gasteiger partial charge in [-0.2, -0.15) is 0 Å². The Morgan fingerprint density at radius 1 is 1.65 bits per heavy atom. The van der Waals surface area contributed by atoms with Crippen molar-refractivity contribution in [1.29, 1.82) is 0 Å². The van der Waals surface area contributed by atoms with Gasteiger partial charge in [0.25, 0.3) is 0 Å². The van der Waals surface area contributed by atoms with Crippen molar-refractivity contribution in [3.8, 4) is 0 Å². The lowest BCUT2D eigenvalue weighted by atomic mass is 10.1. The van der Waals surface area contributed by atoms with Crippen molar-refractivity contribution in [2.24, 2.45) is 0 Å². The van der Waals surface area contributed by atoms with Crippen molar-refractivity contribution in [3.05, 3.63) is 24.2 Å². The van der Waals surface area contributed by atoms with E-state index in [4.69, 9.17) is 9.15 Å². The maximum Gasteiger partial charge on any atom is 0.221 e. The van der Waals surface area contributed by atoms with Crippen molar-refractivity contribution in [2.45, 2.75) is 25.0 Å². The van der Waals surface area contributed by atoms with Crippen LogP contribution >= 0.6 is 0 Å². The second kappa shape index (κ2) is 7.42. The highest BCUT2D eigenvalue weighted by atomic mass is 16.5. The fourth-order valence-corrected chi connectivity index (χ4v) is 2.43. The number of hydrogen-bond donors (Lipinski definition) is 2. The molecule has 0 aliphatic carbocycles. The fraction of sp³-hybridized carbons (Fsp3) is 0.643. The number of nitrogens with one attached hydrogen (secondary N) is 1. The Kier molecular flexibility index (Phi) is 5.58. The topological polar surface area (TPSA) is 74.9 Å². The predicted molar refractivity (Wildman–Crippen MR) is 73.1 cm³/mol. The molecule has 2 heterocycles. The molecule has 112 valence electrons. The Hall–Kier alpha value is -1.37. The average Bonchev–Trinajstić information content (AvgIpc) is 3.00. The van der Waals surface area contributed by atoms with Crippen LogP contribution in [0.15, 0.2) is 22.8 Å². The number of nitrogens with zero attached hydrogens (tertiary/aromatic N) is 1. The van der Waals surface area contributed by atoms with Gasteiger partial charge in [0, 0.05) is 32.6 Å². The number of amides is 1. The zero-order valence-electron chi connectivity index (χ0n) is 11.7. The highest BCUT2D eigenvalue weighted by molar-refractivity contribution is 5.75. The van der Waals surface area contributed by atoms with Gasteiger partial charge in [-0.15, -0.1) is 0 Å². The number of aliphatic hydroxyl groups excluding tert-OH is 1. The van der Waals surface area contributed by atoms with Crippen LogP contribution in [0, 0.1) is 0 Å². The molecule has 0 saturated carbocycles. The SMILES string of the molecule is CNC(=O)CCN1CCOCC1CC(O)c1ccco1. The average molecular weight is 282 g/mol. The van der Waals surface area contributed by atoms with E-state index in [0.29, 0.717) is 38.4 Å². The molecule has 2 rings (SSSR count). The number of morpholine rings is 1. The van der Waals surface area contributed by atoms with Gasteiger partial charge in [0.15, 0.2) is 0 Å². The first-order valence-corrected chi connectivity index (χ1v) is 6.94. The van der Waals surface area contributed by atoms with Crippen LogP contribution < -0.4 is 5.32 Å². The number of hydrogen-bond acceptors (Lipinski definition) is 5. The number of carbonyl (C=O) groups is 1. The standard InChI is InChI=1S/C14H22N2O4/c1-15-14(18)4-5-16-6-8-19-10-11(16)9-12(17)13-3-2-7-20-13/h2-3,7,11-12,17H,4-6,8-10H2,1H3,(H,15,18). The number of ether oxygens (including phenoxy) is 1. The van der Waals surface area contributed by atoms with Crippen LogP contribution in [-0.4, -0.2) is 55.3 Å². The number of aliphatic hydroxyl groups is 1. The second-order valence-corrected chi connectivity index (χ2v) is 4.95. The summed E-state index contributed by atoms with van der Waals surface area (Å²) in [7, 11) is 1.64. The number of furan rings is 1. The van der Waals surface area contributed by atoms with E-state index >= 15 is 0 Å². The molecule has 0 spiro atoms. The Morgan fingerprint density at radius 2 is 2.50 bits per heavy atom. The summed E-state index contributed by atoms with van der Waals surface area (Å²) in [4.78, 5) is 13.5. The number of carbonyl (C=O) groups excluding carboxylic acids is 1. The van der Waals surface area contributed by atoms with Gasteiger partial charge in [-0.25, -0.2) is 0 Å². The fourth-order valence-electron chi connectivity index (χ4n) is 2.43. The lowest BCUT2D eigenvalue weighted by molar-refractivity contribution is -0.121. The molecule has 2 N–H and O–H groups in total. The lowest BCUT2D eigenvalue weighted by Crippen LogP contribution is -2.47. The summed E-state index contributed by atoms with van der Waals surface area (Å²) in [6.45, 7) is 2.71. The van der Waals surface area contributed by atoms with Gasteiger partial charge in [0.1, 0.15) is 11.9 Å². The van der Waals surface area contributed by atoms with E-state index in [1.165, 1.54) is 0 Å². The largest absolute Gasteiger partial charge is 0.467 e. The Morgan fingerprint density at radius 3 is 3.20 bits per heavy atom. The van der Waals surface area contributed by atoms with E-state index in [-0.39, 0.29) is 11.9 Å². The molecule has 1 aromatic rings. The second-order valence-electron chi connectivity index (χ2n) is 4.95. The van der Waals surface area contributed by atoms with Crippen molar-refractivity contribution in [2.75, 3.05) is 33.4 Å². The first-order chi connectivity index (χ1) is 9.70. The van der Waals surface area contributed by atoms with Gasteiger partial charge in [-0.05, 0) is 18.6 Å². The van der Waals surface area contributed by atoms with Gasteiger partial charge in [-0.3, -0.25) is 9.69 Å². The van der Waals surface area contributed by atoms with E-state index in [2.05, 4.69) is 10.2 Å². The molecule has 6 heteroatoms. The molecular weight excluding hydrogens is 260 g/mol. The highest BCUT2D eigenvalue weighted by Gasteiger charge is 2.26. The molecule has 20 heavy (non-hydrogen) atoms. The smallest absolute Gasteiger partial charge is 0.221 e. The minimum absolute atomic E-state index is 0.0295. The molecule has 0 aromatic carbocycles. The minimum atomic E-state index is -0.640. The van der Waals surface area contributed by atoms with Crippen molar-refractivity contribution in [3.63, 3.8) is 0 Å². The summed E-state index contributed by atoms with van der Waals surface area (Å²) in [5.74, 6) is 0.601. The summed E-state index contributed by atoms with van der Waals surface area (Å²) in [5.41, 5.74) is 0. The predicted octanol–water partition coefficient (Wildman–Crippen LogP) is 0.540. The van der Waals surface area contributed by atoms with Crippen molar-refractivity contribution in [1.82, 2.24) is 10.2 Å². The Labute approximate surface area is 118 Å². The van der Waals surface area contributed by atoms with Gasteiger partial charge in [0.05, 0.1) is 19.5 Å². The molecule has 6 nitrogen and oxygen atoms in total. The van der Waals surface area contributed by atoms with Crippen LogP contribution in [0.2, 0.25) is 0 Å². The third kappa shape index (κ3) is 4.06. The monoisotopic (exact) mass is 282 g/mol. The minimum Gasteiger partial charge on any atom is -0.467 e. The first-order valence-electron chi connectivity index (χ1n) is 6.94. The molecule has 1 aliphatic heterocycles. The van der Waals surface area contributed by atoms with E-state index in [9.17, 15) is 9.90 Å². The number of rotatable bonds is 6. The van der Waals surface area contributed by atoms with Crippen LogP contribution in [-0.2, 0) is 9.53 Å². The van der Waals surface area contributed by atoms with Crippen LogP contribution in [0.1, 0.15) is 24.7 Å². The molecule has 1 saturated heterocycles. The molecule has 0 radical (unpaired) electrons. The third-order valence-corrected chi connectivity index (χ3v) is 3.62. The summed E-state index contributed by atoms with van der Waals surface area (Å²) < 4.78 is 10.7. The van der Waals surface area contributed by atoms with E-state index in [0.717, 1.165) is 6.54 Å². The van der Waals surface area contributed by atoms with Gasteiger partial charge >= 0.3 is 0 Å². The van der Waals surface area contributed by atoms with E-state index < -0.39 is 6.10 Å². The molecular formula is C14H22N2O4. The zero-order chi connectivity index (χ0) is 14.4. The zero-order valence-corrected chi connectivity index (χ0v) is 11.7. The van der Waals surface area contributed by atoms with Gasteiger partial charge < -0.3 is 19.6 Å². The van der Waals surface area contributed by atoms with Gasteiger partial charge in [0.2, 0.25) is 5.91 Å². The lowest BCUT2D eigenvalue weighted by Gasteiger charge is -2.36. The quantitative estimate of drug-likeness (QED) is 0.796. The maximum atomic E-state index is 11.3. The molecule has 0 bridgehead atoms. The molecule has 2 unspecified atom stereocenters. The van der Waals surface area contributed by atoms with Crippen molar-refractivity contribution >= 4 is 5.91 Å². The maximum absolute atomic E-state index is 11.3. The van der Waals surface area contributed by atoms with Crippen LogP contribution in [0.3, 0.4) is 0 Å². The third-order valence-electron chi connectivity index (χ3n) is 3.62. The summed E-state index contributed by atoms with van der Waals surface area (Å²) >= 11 is 0. The molecule has 1 aromatic heterocycles. The summed E-state index contributed by atoms with van der Waals surface area (Å²) in [5, 5.41) is 12.8. The first kappa shape index (κ1) is 15.0. The Bertz CT molecular complexity index is 407. The van der Waals surface area contributed by atoms with Crippen LogP contribution in [0.5, 0.6) is 0 Å². The summed E-state index contributed by atoms with van der Waals surface area (Å²) in [6, 6.07) is 3.64. The van der Waals surface area contributed by atoms with Crippen molar-refractivity contribution < 1.29 is 19.1 Å². The molecule has 2 atom stereocenters. The molecule has 1 amide bonds. The van der Waals surface area contributed by atoms with Gasteiger partial charge in [-0.1, -0.05) is 0 Å². The highest BCUT2D eigenvalue weighted by Crippen LogP contribution is 2.22. The van der Waals surface area contributed by atoms with E-state index in [1.54, 1.807) is 25.4 Å². The molecule has 1 aliphatic rings. The normalized spacial score (nSPS) is 21.6. The summed E-state index contributed by atoms with van der Waals surface area (Å²) in [6.07, 6.45) is 1.92.